The number of hydrogen-bond acceptors (Lipinski definition) is 2. The fraction of sp³-hybridized carbons (Fsp3) is 0.0870. The number of benzene rings is 4. The summed E-state index contributed by atoms with van der Waals surface area (Å²) in [6.45, 7) is 2.22. The van der Waals surface area contributed by atoms with Gasteiger partial charge in [0.1, 0.15) is 0 Å². The molecule has 0 fully saturated rings. The summed E-state index contributed by atoms with van der Waals surface area (Å²) in [6, 6.07) is 27.2. The quantitative estimate of drug-likeness (QED) is 0.293. The molecule has 2 nitrogen and oxygen atoms in total. The van der Waals surface area contributed by atoms with Crippen LogP contribution < -0.4 is 8.92 Å². The summed E-state index contributed by atoms with van der Waals surface area (Å²) in [4.78, 5) is 11.8. The molecule has 0 bridgehead atoms. The van der Waals surface area contributed by atoms with E-state index in [1.165, 1.54) is 30.5 Å². The van der Waals surface area contributed by atoms with Crippen molar-refractivity contribution < 1.29 is 9.53 Å². The van der Waals surface area contributed by atoms with Gasteiger partial charge in [0.2, 0.25) is 0 Å². The molecule has 128 valence electrons. The topological polar surface area (TPSA) is 26.3 Å². The van der Waals surface area contributed by atoms with Crippen molar-refractivity contribution in [3.63, 3.8) is 0 Å². The standard InChI is InChI=1S/C23H18O2Se/c1-2-25-23(24)16-11-13-19(14-12-16)26-22-20-9-5-3-7-17(20)15-18-8-4-6-10-21(18)22/h3-15H,2H2,1H3. The van der Waals surface area contributed by atoms with Crippen LogP contribution in [0.15, 0.2) is 78.9 Å². The van der Waals surface area contributed by atoms with E-state index in [4.69, 9.17) is 4.74 Å². The minimum atomic E-state index is -0.262. The van der Waals surface area contributed by atoms with Gasteiger partial charge >= 0.3 is 159 Å². The van der Waals surface area contributed by atoms with Crippen LogP contribution in [0.3, 0.4) is 0 Å². The van der Waals surface area contributed by atoms with Crippen molar-refractivity contribution in [2.45, 2.75) is 6.92 Å². The summed E-state index contributed by atoms with van der Waals surface area (Å²) in [6.07, 6.45) is 0. The summed E-state index contributed by atoms with van der Waals surface area (Å²) in [5.74, 6) is -0.262. The van der Waals surface area contributed by atoms with Gasteiger partial charge in [-0.2, -0.15) is 0 Å². The van der Waals surface area contributed by atoms with Crippen LogP contribution in [-0.4, -0.2) is 27.5 Å². The molecule has 0 saturated heterocycles. The van der Waals surface area contributed by atoms with Crippen molar-refractivity contribution >= 4 is 51.4 Å². The Balaban J connectivity index is 1.77. The molecule has 0 saturated carbocycles. The zero-order chi connectivity index (χ0) is 17.9. The van der Waals surface area contributed by atoms with E-state index in [1.807, 2.05) is 31.2 Å². The van der Waals surface area contributed by atoms with Crippen LogP contribution in [0.1, 0.15) is 17.3 Å². The van der Waals surface area contributed by atoms with Crippen molar-refractivity contribution in [2.24, 2.45) is 0 Å². The number of fused-ring (bicyclic) bond motifs is 2. The number of carbonyl (C=O) groups excluding carboxylic acids is 1. The number of hydrogen-bond donors (Lipinski definition) is 0. The zero-order valence-corrected chi connectivity index (χ0v) is 16.2. The molecular formula is C23H18O2Se. The molecule has 0 aliphatic rings. The first kappa shape index (κ1) is 16.8. The summed E-state index contributed by atoms with van der Waals surface area (Å²) < 4.78 is 7.69. The van der Waals surface area contributed by atoms with Crippen LogP contribution in [0.2, 0.25) is 0 Å². The average molecular weight is 405 g/mol. The SMILES string of the molecule is CCOC(=O)c1ccc([Se]c2c3ccccc3cc3ccccc23)cc1. The molecule has 3 heteroatoms. The predicted octanol–water partition coefficient (Wildman–Crippen LogP) is 3.82. The molecule has 0 spiro atoms. The molecule has 0 amide bonds. The van der Waals surface area contributed by atoms with E-state index in [2.05, 4.69) is 54.6 Å². The number of rotatable bonds is 4. The van der Waals surface area contributed by atoms with Gasteiger partial charge in [0.05, 0.1) is 0 Å². The number of ether oxygens (including phenoxy) is 1. The van der Waals surface area contributed by atoms with E-state index < -0.39 is 0 Å². The Kier molecular flexibility index (Phi) is 4.74. The van der Waals surface area contributed by atoms with E-state index in [-0.39, 0.29) is 20.9 Å². The second-order valence-electron chi connectivity index (χ2n) is 5.99. The molecule has 0 unspecified atom stereocenters. The van der Waals surface area contributed by atoms with Crippen molar-refractivity contribution in [2.75, 3.05) is 6.61 Å². The van der Waals surface area contributed by atoms with Gasteiger partial charge in [-0.15, -0.1) is 0 Å². The van der Waals surface area contributed by atoms with Crippen molar-refractivity contribution in [3.05, 3.63) is 84.4 Å². The molecule has 0 aliphatic carbocycles. The van der Waals surface area contributed by atoms with Crippen LogP contribution in [0.4, 0.5) is 0 Å². The fourth-order valence-electron chi connectivity index (χ4n) is 3.07. The van der Waals surface area contributed by atoms with Crippen LogP contribution in [0.25, 0.3) is 21.5 Å². The second kappa shape index (κ2) is 7.33. The molecule has 0 aromatic heterocycles. The molecule has 0 aliphatic heterocycles. The third kappa shape index (κ3) is 3.24. The molecule has 26 heavy (non-hydrogen) atoms. The molecule has 4 aromatic rings. The summed E-state index contributed by atoms with van der Waals surface area (Å²) in [5, 5.41) is 5.15. The van der Waals surface area contributed by atoms with Crippen molar-refractivity contribution in [1.29, 1.82) is 0 Å². The van der Waals surface area contributed by atoms with Gasteiger partial charge in [-0.3, -0.25) is 0 Å². The molecule has 0 heterocycles. The summed E-state index contributed by atoms with van der Waals surface area (Å²) >= 11 is 0.146. The molecular weight excluding hydrogens is 387 g/mol. The predicted molar refractivity (Wildman–Crippen MR) is 109 cm³/mol. The zero-order valence-electron chi connectivity index (χ0n) is 14.4. The van der Waals surface area contributed by atoms with Crippen molar-refractivity contribution in [1.82, 2.24) is 0 Å². The normalized spacial score (nSPS) is 11.0. The Labute approximate surface area is 159 Å². The minimum absolute atomic E-state index is 0.146. The first-order chi connectivity index (χ1) is 12.8. The molecule has 0 atom stereocenters. The van der Waals surface area contributed by atoms with E-state index in [0.29, 0.717) is 12.2 Å². The molecule has 4 aromatic carbocycles. The van der Waals surface area contributed by atoms with Gasteiger partial charge in [0.15, 0.2) is 0 Å². The van der Waals surface area contributed by atoms with E-state index in [9.17, 15) is 4.79 Å². The third-order valence-corrected chi connectivity index (χ3v) is 6.72. The van der Waals surface area contributed by atoms with E-state index in [1.54, 1.807) is 0 Å². The van der Waals surface area contributed by atoms with Crippen molar-refractivity contribution in [3.8, 4) is 0 Å². The monoisotopic (exact) mass is 406 g/mol. The maximum absolute atomic E-state index is 11.8. The van der Waals surface area contributed by atoms with Gasteiger partial charge in [0, 0.05) is 0 Å². The Morgan fingerprint density at radius 1 is 0.846 bits per heavy atom. The first-order valence-corrected chi connectivity index (χ1v) is 10.3. The Morgan fingerprint density at radius 2 is 1.42 bits per heavy atom. The van der Waals surface area contributed by atoms with Gasteiger partial charge in [-0.1, -0.05) is 0 Å². The van der Waals surface area contributed by atoms with Gasteiger partial charge < -0.3 is 0 Å². The first-order valence-electron chi connectivity index (χ1n) is 8.62. The molecule has 0 radical (unpaired) electrons. The van der Waals surface area contributed by atoms with E-state index >= 15 is 0 Å². The Morgan fingerprint density at radius 3 is 2.00 bits per heavy atom. The Hall–Kier alpha value is -2.61. The van der Waals surface area contributed by atoms with E-state index in [0.717, 1.165) is 0 Å². The molecule has 0 N–H and O–H groups in total. The van der Waals surface area contributed by atoms with Crippen LogP contribution in [-0.2, 0) is 4.74 Å². The van der Waals surface area contributed by atoms with Crippen LogP contribution >= 0.6 is 0 Å². The summed E-state index contributed by atoms with van der Waals surface area (Å²) in [5.41, 5.74) is 0.606. The Bertz CT molecular complexity index is 1030. The average Bonchev–Trinajstić information content (AvgIpc) is 2.68. The van der Waals surface area contributed by atoms with Gasteiger partial charge in [-0.25, -0.2) is 0 Å². The summed E-state index contributed by atoms with van der Waals surface area (Å²) in [7, 11) is 0. The van der Waals surface area contributed by atoms with Crippen LogP contribution in [0, 0.1) is 0 Å². The third-order valence-electron chi connectivity index (χ3n) is 4.31. The second-order valence-corrected chi connectivity index (χ2v) is 8.27. The molecule has 4 rings (SSSR count). The van der Waals surface area contributed by atoms with Crippen LogP contribution in [0.5, 0.6) is 0 Å². The number of esters is 1. The number of carbonyl (C=O) groups is 1. The fourth-order valence-corrected chi connectivity index (χ4v) is 5.38. The van der Waals surface area contributed by atoms with Gasteiger partial charge in [-0.05, 0) is 0 Å². The van der Waals surface area contributed by atoms with Gasteiger partial charge in [0.25, 0.3) is 0 Å². The maximum atomic E-state index is 11.8.